The molecule has 0 bridgehead atoms. The lowest BCUT2D eigenvalue weighted by Crippen LogP contribution is -2.42. The SMILES string of the molecule is Cc1nn(C)c2cc(-c3noc(C4CCN(C(=O)C5CNC(=O)C5)CC4)n3)ccc12. The van der Waals surface area contributed by atoms with E-state index in [0.717, 1.165) is 35.0 Å². The van der Waals surface area contributed by atoms with Gasteiger partial charge in [-0.3, -0.25) is 14.3 Å². The van der Waals surface area contributed by atoms with E-state index in [-0.39, 0.29) is 23.7 Å². The predicted octanol–water partition coefficient (Wildman–Crippen LogP) is 1.77. The Balaban J connectivity index is 1.27. The molecule has 4 heterocycles. The molecule has 2 aromatic heterocycles. The fourth-order valence-electron chi connectivity index (χ4n) is 4.48. The second-order valence-corrected chi connectivity index (χ2v) is 8.20. The van der Waals surface area contributed by atoms with Crippen LogP contribution in [0.5, 0.6) is 0 Å². The fourth-order valence-corrected chi connectivity index (χ4v) is 4.48. The second-order valence-electron chi connectivity index (χ2n) is 8.20. The summed E-state index contributed by atoms with van der Waals surface area (Å²) in [5.74, 6) is 1.13. The number of piperidine rings is 1. The quantitative estimate of drug-likeness (QED) is 0.708. The van der Waals surface area contributed by atoms with Crippen molar-refractivity contribution in [3.8, 4) is 11.4 Å². The van der Waals surface area contributed by atoms with E-state index in [9.17, 15) is 9.59 Å². The minimum atomic E-state index is -0.227. The lowest BCUT2D eigenvalue weighted by molar-refractivity contribution is -0.136. The van der Waals surface area contributed by atoms with Gasteiger partial charge in [0, 0.05) is 50.0 Å². The molecule has 5 rings (SSSR count). The molecule has 1 aromatic carbocycles. The van der Waals surface area contributed by atoms with Crippen LogP contribution in [0.4, 0.5) is 0 Å². The van der Waals surface area contributed by atoms with E-state index in [1.807, 2.05) is 41.8 Å². The van der Waals surface area contributed by atoms with Crippen molar-refractivity contribution in [2.24, 2.45) is 13.0 Å². The third-order valence-corrected chi connectivity index (χ3v) is 6.22. The van der Waals surface area contributed by atoms with Gasteiger partial charge >= 0.3 is 0 Å². The van der Waals surface area contributed by atoms with E-state index in [0.29, 0.717) is 37.8 Å². The minimum absolute atomic E-state index is 0.0407. The second kappa shape index (κ2) is 7.23. The van der Waals surface area contributed by atoms with Crippen LogP contribution in [0.15, 0.2) is 22.7 Å². The molecule has 156 valence electrons. The van der Waals surface area contributed by atoms with Crippen LogP contribution in [0, 0.1) is 12.8 Å². The molecule has 1 atom stereocenters. The number of aromatic nitrogens is 4. The number of nitrogens with one attached hydrogen (secondary N) is 1. The smallest absolute Gasteiger partial charge is 0.230 e. The van der Waals surface area contributed by atoms with Crippen molar-refractivity contribution < 1.29 is 14.1 Å². The number of carbonyl (C=O) groups is 2. The number of aryl methyl sites for hydroxylation is 2. The van der Waals surface area contributed by atoms with Crippen LogP contribution in [0.25, 0.3) is 22.3 Å². The van der Waals surface area contributed by atoms with Gasteiger partial charge in [-0.15, -0.1) is 0 Å². The van der Waals surface area contributed by atoms with Gasteiger partial charge in [0.15, 0.2) is 0 Å². The first-order chi connectivity index (χ1) is 14.5. The Bertz CT molecular complexity index is 1130. The summed E-state index contributed by atoms with van der Waals surface area (Å²) < 4.78 is 7.43. The van der Waals surface area contributed by atoms with Gasteiger partial charge in [0.25, 0.3) is 0 Å². The number of hydrogen-bond acceptors (Lipinski definition) is 6. The Morgan fingerprint density at radius 1 is 1.27 bits per heavy atom. The van der Waals surface area contributed by atoms with Gasteiger partial charge in [-0.1, -0.05) is 17.3 Å². The molecular formula is C21H24N6O3. The van der Waals surface area contributed by atoms with Crippen molar-refractivity contribution in [2.75, 3.05) is 19.6 Å². The maximum absolute atomic E-state index is 12.6. The molecule has 1 N–H and O–H groups in total. The zero-order valence-electron chi connectivity index (χ0n) is 17.1. The summed E-state index contributed by atoms with van der Waals surface area (Å²) in [6.07, 6.45) is 1.86. The largest absolute Gasteiger partial charge is 0.355 e. The van der Waals surface area contributed by atoms with Crippen LogP contribution in [-0.2, 0) is 16.6 Å². The molecule has 3 aromatic rings. The number of rotatable bonds is 3. The Kier molecular flexibility index (Phi) is 4.52. The average Bonchev–Trinajstić information content (AvgIpc) is 3.48. The van der Waals surface area contributed by atoms with Gasteiger partial charge in [0.05, 0.1) is 17.1 Å². The highest BCUT2D eigenvalue weighted by Gasteiger charge is 2.34. The number of nitrogens with zero attached hydrogens (tertiary/aromatic N) is 5. The van der Waals surface area contributed by atoms with E-state index < -0.39 is 0 Å². The van der Waals surface area contributed by atoms with Crippen molar-refractivity contribution in [1.82, 2.24) is 30.1 Å². The van der Waals surface area contributed by atoms with Crippen molar-refractivity contribution in [2.45, 2.75) is 32.1 Å². The number of carbonyl (C=O) groups excluding carboxylic acids is 2. The Labute approximate surface area is 173 Å². The molecule has 2 saturated heterocycles. The van der Waals surface area contributed by atoms with Crippen molar-refractivity contribution in [1.29, 1.82) is 0 Å². The molecule has 30 heavy (non-hydrogen) atoms. The highest BCUT2D eigenvalue weighted by molar-refractivity contribution is 5.89. The van der Waals surface area contributed by atoms with Crippen LogP contribution in [0.3, 0.4) is 0 Å². The standard InChI is InChI=1S/C21H24N6O3/c1-12-16-4-3-14(9-17(16)26(2)24-12)19-23-20(30-25-19)13-5-7-27(8-6-13)21(29)15-10-18(28)22-11-15/h3-4,9,13,15H,5-8,10-11H2,1-2H3,(H,22,28). The van der Waals surface area contributed by atoms with Gasteiger partial charge in [0.1, 0.15) is 0 Å². The highest BCUT2D eigenvalue weighted by atomic mass is 16.5. The fraction of sp³-hybridized carbons (Fsp3) is 0.476. The molecule has 2 aliphatic heterocycles. The topological polar surface area (TPSA) is 106 Å². The normalized spacial score (nSPS) is 20.1. The van der Waals surface area contributed by atoms with Gasteiger partial charge in [-0.25, -0.2) is 0 Å². The summed E-state index contributed by atoms with van der Waals surface area (Å²) in [6.45, 7) is 3.73. The molecule has 9 nitrogen and oxygen atoms in total. The summed E-state index contributed by atoms with van der Waals surface area (Å²) in [6, 6.07) is 6.06. The third kappa shape index (κ3) is 3.24. The van der Waals surface area contributed by atoms with Gasteiger partial charge in [-0.05, 0) is 25.8 Å². The Morgan fingerprint density at radius 2 is 2.07 bits per heavy atom. The maximum atomic E-state index is 12.6. The molecule has 0 radical (unpaired) electrons. The van der Waals surface area contributed by atoms with E-state index in [2.05, 4.69) is 20.6 Å². The monoisotopic (exact) mass is 408 g/mol. The Morgan fingerprint density at radius 3 is 2.80 bits per heavy atom. The molecule has 2 amide bonds. The highest BCUT2D eigenvalue weighted by Crippen LogP contribution is 2.30. The van der Waals surface area contributed by atoms with Crippen molar-refractivity contribution in [3.63, 3.8) is 0 Å². The van der Waals surface area contributed by atoms with Crippen molar-refractivity contribution >= 4 is 22.7 Å². The first-order valence-corrected chi connectivity index (χ1v) is 10.3. The van der Waals surface area contributed by atoms with Gasteiger partial charge in [0.2, 0.25) is 23.5 Å². The summed E-state index contributed by atoms with van der Waals surface area (Å²) in [4.78, 5) is 30.5. The number of likely N-dealkylation sites (tertiary alicyclic amines) is 1. The maximum Gasteiger partial charge on any atom is 0.230 e. The predicted molar refractivity (Wildman–Crippen MR) is 108 cm³/mol. The number of fused-ring (bicyclic) bond motifs is 1. The van der Waals surface area contributed by atoms with E-state index in [1.165, 1.54) is 0 Å². The number of benzene rings is 1. The molecule has 1 unspecified atom stereocenters. The Hall–Kier alpha value is -3.23. The van der Waals surface area contributed by atoms with Crippen molar-refractivity contribution in [3.05, 3.63) is 29.8 Å². The zero-order valence-corrected chi connectivity index (χ0v) is 17.1. The molecular weight excluding hydrogens is 384 g/mol. The first kappa shape index (κ1) is 18.8. The molecule has 2 fully saturated rings. The molecule has 0 saturated carbocycles. The molecule has 0 aliphatic carbocycles. The first-order valence-electron chi connectivity index (χ1n) is 10.3. The van der Waals surface area contributed by atoms with Gasteiger partial charge < -0.3 is 14.7 Å². The average molecular weight is 408 g/mol. The van der Waals surface area contributed by atoms with E-state index >= 15 is 0 Å². The van der Waals surface area contributed by atoms with Gasteiger partial charge in [-0.2, -0.15) is 10.1 Å². The zero-order chi connectivity index (χ0) is 20.8. The van der Waals surface area contributed by atoms with Crippen LogP contribution in [0.2, 0.25) is 0 Å². The van der Waals surface area contributed by atoms with Crippen LogP contribution < -0.4 is 5.32 Å². The summed E-state index contributed by atoms with van der Waals surface area (Å²) >= 11 is 0. The van der Waals surface area contributed by atoms with Crippen LogP contribution in [-0.4, -0.2) is 56.3 Å². The molecule has 9 heteroatoms. The molecule has 0 spiro atoms. The van der Waals surface area contributed by atoms with Crippen LogP contribution in [0.1, 0.15) is 36.8 Å². The van der Waals surface area contributed by atoms with E-state index in [4.69, 9.17) is 4.52 Å². The van der Waals surface area contributed by atoms with E-state index in [1.54, 1.807) is 0 Å². The molecule has 2 aliphatic rings. The summed E-state index contributed by atoms with van der Waals surface area (Å²) in [5.41, 5.74) is 2.92. The lowest BCUT2D eigenvalue weighted by atomic mass is 9.95. The lowest BCUT2D eigenvalue weighted by Gasteiger charge is -2.31. The number of amides is 2. The summed E-state index contributed by atoms with van der Waals surface area (Å²) in [7, 11) is 1.92. The van der Waals surface area contributed by atoms with Crippen LogP contribution >= 0.6 is 0 Å². The number of hydrogen-bond donors (Lipinski definition) is 1. The summed E-state index contributed by atoms with van der Waals surface area (Å²) in [5, 5.41) is 12.5. The third-order valence-electron chi connectivity index (χ3n) is 6.22. The minimum Gasteiger partial charge on any atom is -0.355 e.